The topological polar surface area (TPSA) is 90.7 Å². The Morgan fingerprint density at radius 1 is 1.06 bits per heavy atom. The van der Waals surface area contributed by atoms with Crippen molar-refractivity contribution in [1.29, 1.82) is 0 Å². The average molecular weight is 437 g/mol. The third-order valence-corrected chi connectivity index (χ3v) is 4.68. The van der Waals surface area contributed by atoms with Crippen LogP contribution in [0, 0.1) is 0 Å². The molecule has 8 heteroatoms. The summed E-state index contributed by atoms with van der Waals surface area (Å²) in [5.74, 6) is -0.480. The van der Waals surface area contributed by atoms with Gasteiger partial charge in [-0.05, 0) is 42.5 Å². The third kappa shape index (κ3) is 4.51. The lowest BCUT2D eigenvalue weighted by Gasteiger charge is -2.11. The second kappa shape index (κ2) is 8.89. The van der Waals surface area contributed by atoms with Crippen LogP contribution in [0.25, 0.3) is 22.6 Å². The molecule has 0 atom stereocenters. The molecule has 0 aliphatic carbocycles. The Morgan fingerprint density at radius 3 is 2.65 bits per heavy atom. The largest absolute Gasteiger partial charge is 0.495 e. The second-order valence-corrected chi connectivity index (χ2v) is 6.94. The van der Waals surface area contributed by atoms with Gasteiger partial charge < -0.3 is 19.2 Å². The first-order valence-electron chi connectivity index (χ1n) is 9.30. The van der Waals surface area contributed by atoms with Crippen LogP contribution in [-0.4, -0.2) is 30.6 Å². The summed E-state index contributed by atoms with van der Waals surface area (Å²) in [6.45, 7) is -0.490. The van der Waals surface area contributed by atoms with Gasteiger partial charge in [-0.2, -0.15) is 0 Å². The van der Waals surface area contributed by atoms with Gasteiger partial charge in [-0.1, -0.05) is 35.9 Å². The van der Waals surface area contributed by atoms with Gasteiger partial charge in [0.15, 0.2) is 12.2 Å². The minimum atomic E-state index is -0.675. The van der Waals surface area contributed by atoms with E-state index < -0.39 is 18.5 Å². The molecule has 31 heavy (non-hydrogen) atoms. The summed E-state index contributed by atoms with van der Waals surface area (Å²) in [6, 6.07) is 18.9. The van der Waals surface area contributed by atoms with E-state index in [2.05, 4.69) is 10.3 Å². The summed E-state index contributed by atoms with van der Waals surface area (Å²) in [5, 5.41) is 3.05. The van der Waals surface area contributed by atoms with Crippen molar-refractivity contribution in [2.24, 2.45) is 0 Å². The lowest BCUT2D eigenvalue weighted by Crippen LogP contribution is -2.21. The molecule has 0 spiro atoms. The third-order valence-electron chi connectivity index (χ3n) is 4.44. The van der Waals surface area contributed by atoms with Crippen LogP contribution in [0.4, 0.5) is 5.69 Å². The normalized spacial score (nSPS) is 10.6. The Bertz CT molecular complexity index is 1230. The number of aromatic nitrogens is 1. The van der Waals surface area contributed by atoms with Gasteiger partial charge in [0.05, 0.1) is 23.9 Å². The number of esters is 1. The van der Waals surface area contributed by atoms with E-state index in [-0.39, 0.29) is 5.56 Å². The number of methoxy groups -OCH3 is 1. The molecule has 0 unspecified atom stereocenters. The molecule has 0 aliphatic heterocycles. The summed E-state index contributed by atoms with van der Waals surface area (Å²) in [4.78, 5) is 29.4. The van der Waals surface area contributed by atoms with Crippen LogP contribution in [0.5, 0.6) is 5.75 Å². The van der Waals surface area contributed by atoms with Crippen LogP contribution in [0.15, 0.2) is 71.1 Å². The Labute approximate surface area is 182 Å². The summed E-state index contributed by atoms with van der Waals surface area (Å²) in [7, 11) is 1.47. The van der Waals surface area contributed by atoms with Crippen LogP contribution in [0.1, 0.15) is 10.4 Å². The summed E-state index contributed by atoms with van der Waals surface area (Å²) in [6.07, 6.45) is 0. The van der Waals surface area contributed by atoms with E-state index in [4.69, 9.17) is 25.5 Å². The van der Waals surface area contributed by atoms with Crippen molar-refractivity contribution in [1.82, 2.24) is 4.98 Å². The van der Waals surface area contributed by atoms with Crippen LogP contribution < -0.4 is 10.1 Å². The van der Waals surface area contributed by atoms with Gasteiger partial charge in [0, 0.05) is 5.02 Å². The number of oxazole rings is 1. The van der Waals surface area contributed by atoms with E-state index in [1.807, 2.05) is 18.2 Å². The summed E-state index contributed by atoms with van der Waals surface area (Å²) < 4.78 is 16.2. The van der Waals surface area contributed by atoms with E-state index in [9.17, 15) is 9.59 Å². The Balaban J connectivity index is 1.48. The van der Waals surface area contributed by atoms with Crippen molar-refractivity contribution in [2.45, 2.75) is 0 Å². The van der Waals surface area contributed by atoms with Gasteiger partial charge in [-0.25, -0.2) is 9.78 Å². The first kappa shape index (κ1) is 20.4. The van der Waals surface area contributed by atoms with E-state index >= 15 is 0 Å². The van der Waals surface area contributed by atoms with E-state index in [0.717, 1.165) is 0 Å². The summed E-state index contributed by atoms with van der Waals surface area (Å²) in [5.41, 5.74) is 2.37. The molecule has 0 saturated carbocycles. The first-order chi connectivity index (χ1) is 15.0. The van der Waals surface area contributed by atoms with Crippen molar-refractivity contribution in [3.63, 3.8) is 0 Å². The number of carbonyl (C=O) groups excluding carboxylic acids is 2. The number of carbonyl (C=O) groups is 2. The second-order valence-electron chi connectivity index (χ2n) is 6.50. The molecule has 1 N–H and O–H groups in total. The predicted molar refractivity (Wildman–Crippen MR) is 116 cm³/mol. The number of fused-ring (bicyclic) bond motifs is 1. The average Bonchev–Trinajstić information content (AvgIpc) is 3.22. The van der Waals surface area contributed by atoms with Crippen molar-refractivity contribution in [3.8, 4) is 17.2 Å². The number of ether oxygens (including phenoxy) is 2. The zero-order valence-electron chi connectivity index (χ0n) is 16.4. The van der Waals surface area contributed by atoms with Crippen molar-refractivity contribution in [3.05, 3.63) is 77.3 Å². The summed E-state index contributed by atoms with van der Waals surface area (Å²) >= 11 is 5.96. The van der Waals surface area contributed by atoms with E-state index in [1.54, 1.807) is 48.5 Å². The lowest BCUT2D eigenvalue weighted by molar-refractivity contribution is -0.119. The number of hydrogen-bond donors (Lipinski definition) is 1. The highest BCUT2D eigenvalue weighted by Crippen LogP contribution is 2.29. The minimum absolute atomic E-state index is 0.238. The van der Waals surface area contributed by atoms with E-state index in [1.165, 1.54) is 7.11 Å². The monoisotopic (exact) mass is 436 g/mol. The number of anilines is 1. The molecule has 0 saturated heterocycles. The van der Waals surface area contributed by atoms with E-state index in [0.29, 0.717) is 39.0 Å². The van der Waals surface area contributed by atoms with Gasteiger partial charge in [0.25, 0.3) is 5.91 Å². The quantitative estimate of drug-likeness (QED) is 0.430. The SMILES string of the molecule is COc1ccc(Cl)cc1NC(=O)COC(=O)c1ccccc1-c1nc2ccccc2o1. The number of nitrogens with one attached hydrogen (secondary N) is 1. The molecule has 0 fully saturated rings. The lowest BCUT2D eigenvalue weighted by atomic mass is 10.1. The number of hydrogen-bond acceptors (Lipinski definition) is 6. The molecular formula is C23H17ClN2O5. The Kier molecular flexibility index (Phi) is 5.86. The number of para-hydroxylation sites is 2. The highest BCUT2D eigenvalue weighted by Gasteiger charge is 2.19. The molecule has 156 valence electrons. The molecule has 1 heterocycles. The molecule has 1 aromatic heterocycles. The van der Waals surface area contributed by atoms with Gasteiger partial charge in [-0.3, -0.25) is 4.79 Å². The zero-order chi connectivity index (χ0) is 21.8. The molecule has 7 nitrogen and oxygen atoms in total. The highest BCUT2D eigenvalue weighted by molar-refractivity contribution is 6.31. The smallest absolute Gasteiger partial charge is 0.339 e. The molecule has 1 amide bonds. The number of benzene rings is 3. The molecule has 3 aromatic carbocycles. The molecule has 0 bridgehead atoms. The number of nitrogens with zero attached hydrogens (tertiary/aromatic N) is 1. The fourth-order valence-electron chi connectivity index (χ4n) is 3.01. The van der Waals surface area contributed by atoms with Crippen molar-refractivity contribution in [2.75, 3.05) is 19.0 Å². The molecule has 0 radical (unpaired) electrons. The van der Waals surface area contributed by atoms with Crippen LogP contribution >= 0.6 is 11.6 Å². The fourth-order valence-corrected chi connectivity index (χ4v) is 3.18. The van der Waals surface area contributed by atoms with Crippen molar-refractivity contribution < 1.29 is 23.5 Å². The van der Waals surface area contributed by atoms with Crippen LogP contribution in [0.2, 0.25) is 5.02 Å². The predicted octanol–water partition coefficient (Wildman–Crippen LogP) is 4.95. The van der Waals surface area contributed by atoms with Gasteiger partial charge in [0.1, 0.15) is 11.3 Å². The standard InChI is InChI=1S/C23H17ClN2O5/c1-29-19-11-10-14(24)12-18(19)25-21(27)13-30-23(28)16-7-3-2-6-15(16)22-26-17-8-4-5-9-20(17)31-22/h2-12H,13H2,1H3,(H,25,27). The molecule has 4 aromatic rings. The van der Waals surface area contributed by atoms with Gasteiger partial charge in [0.2, 0.25) is 5.89 Å². The number of amides is 1. The Morgan fingerprint density at radius 2 is 1.84 bits per heavy atom. The van der Waals surface area contributed by atoms with Gasteiger partial charge in [-0.15, -0.1) is 0 Å². The maximum atomic E-state index is 12.7. The zero-order valence-corrected chi connectivity index (χ0v) is 17.2. The van der Waals surface area contributed by atoms with Crippen LogP contribution in [-0.2, 0) is 9.53 Å². The van der Waals surface area contributed by atoms with Crippen LogP contribution in [0.3, 0.4) is 0 Å². The Hall–Kier alpha value is -3.84. The number of rotatable bonds is 6. The molecule has 4 rings (SSSR count). The maximum Gasteiger partial charge on any atom is 0.339 e. The molecule has 0 aliphatic rings. The first-order valence-corrected chi connectivity index (χ1v) is 9.68. The fraction of sp³-hybridized carbons (Fsp3) is 0.0870. The van der Waals surface area contributed by atoms with Crippen molar-refractivity contribution >= 4 is 40.3 Å². The van der Waals surface area contributed by atoms with Gasteiger partial charge >= 0.3 is 5.97 Å². The maximum absolute atomic E-state index is 12.7. The number of halogens is 1. The highest BCUT2D eigenvalue weighted by atomic mass is 35.5. The minimum Gasteiger partial charge on any atom is -0.495 e. The molecular weight excluding hydrogens is 420 g/mol.